The maximum absolute atomic E-state index is 10.8. The number of hydrogen-bond donors (Lipinski definition) is 2. The van der Waals surface area contributed by atoms with Crippen LogP contribution in [0.15, 0.2) is 54.3 Å². The van der Waals surface area contributed by atoms with E-state index in [-0.39, 0.29) is 0 Å². The van der Waals surface area contributed by atoms with Gasteiger partial charge >= 0.3 is 0 Å². The van der Waals surface area contributed by atoms with E-state index in [4.69, 9.17) is 0 Å². The third-order valence-corrected chi connectivity index (χ3v) is 4.59. The zero-order valence-electron chi connectivity index (χ0n) is 12.4. The first-order valence-electron chi connectivity index (χ1n) is 6.98. The summed E-state index contributed by atoms with van der Waals surface area (Å²) in [6.45, 7) is 3.80. The van der Waals surface area contributed by atoms with Crippen LogP contribution in [-0.4, -0.2) is 15.1 Å². The van der Waals surface area contributed by atoms with Gasteiger partial charge in [-0.15, -0.1) is 11.3 Å². The standard InChI is InChI=1S/C17H17N3OS/c1-12-3-4-13(17(2,21)16-19-9-10-22-16)11-15(12)20-14-5-7-18-8-6-14/h3-11,21H,1-2H3,(H,18,20). The molecule has 1 aromatic carbocycles. The van der Waals surface area contributed by atoms with Crippen LogP contribution >= 0.6 is 11.3 Å². The van der Waals surface area contributed by atoms with Gasteiger partial charge in [0.25, 0.3) is 0 Å². The Balaban J connectivity index is 1.96. The van der Waals surface area contributed by atoms with Gasteiger partial charge < -0.3 is 10.4 Å². The lowest BCUT2D eigenvalue weighted by Crippen LogP contribution is -2.22. The molecule has 2 N–H and O–H groups in total. The summed E-state index contributed by atoms with van der Waals surface area (Å²) >= 11 is 1.45. The minimum atomic E-state index is -1.10. The third-order valence-electron chi connectivity index (χ3n) is 3.61. The second-order valence-corrected chi connectivity index (χ2v) is 6.19. The average Bonchev–Trinajstić information content (AvgIpc) is 3.05. The topological polar surface area (TPSA) is 58.0 Å². The Morgan fingerprint density at radius 3 is 2.59 bits per heavy atom. The fraction of sp³-hybridized carbons (Fsp3) is 0.176. The number of aryl methyl sites for hydroxylation is 1. The number of benzene rings is 1. The van der Waals surface area contributed by atoms with Crippen molar-refractivity contribution in [3.63, 3.8) is 0 Å². The van der Waals surface area contributed by atoms with Gasteiger partial charge in [0.1, 0.15) is 10.6 Å². The maximum atomic E-state index is 10.8. The molecule has 112 valence electrons. The average molecular weight is 311 g/mol. The molecular formula is C17H17N3OS. The Morgan fingerprint density at radius 1 is 1.14 bits per heavy atom. The van der Waals surface area contributed by atoms with Gasteiger partial charge in [-0.1, -0.05) is 12.1 Å². The molecule has 0 aliphatic carbocycles. The zero-order chi connectivity index (χ0) is 15.6. The largest absolute Gasteiger partial charge is 0.378 e. The normalized spacial score (nSPS) is 13.6. The van der Waals surface area contributed by atoms with Crippen molar-refractivity contribution in [3.05, 3.63) is 70.4 Å². The molecule has 0 saturated carbocycles. The molecule has 1 atom stereocenters. The Labute approximate surface area is 133 Å². The number of nitrogens with zero attached hydrogens (tertiary/aromatic N) is 2. The number of aliphatic hydroxyl groups is 1. The zero-order valence-corrected chi connectivity index (χ0v) is 13.3. The molecule has 2 aromatic heterocycles. The van der Waals surface area contributed by atoms with Crippen molar-refractivity contribution in [2.24, 2.45) is 0 Å². The van der Waals surface area contributed by atoms with Crippen LogP contribution < -0.4 is 5.32 Å². The lowest BCUT2D eigenvalue weighted by molar-refractivity contribution is 0.102. The van der Waals surface area contributed by atoms with E-state index in [0.717, 1.165) is 22.5 Å². The highest BCUT2D eigenvalue weighted by Gasteiger charge is 2.28. The van der Waals surface area contributed by atoms with Crippen LogP contribution in [0.5, 0.6) is 0 Å². The van der Waals surface area contributed by atoms with Crippen LogP contribution in [0.3, 0.4) is 0 Å². The molecular weight excluding hydrogens is 294 g/mol. The van der Waals surface area contributed by atoms with Gasteiger partial charge in [-0.05, 0) is 43.2 Å². The predicted molar refractivity (Wildman–Crippen MR) is 89.5 cm³/mol. The SMILES string of the molecule is Cc1ccc(C(C)(O)c2nccs2)cc1Nc1ccncc1. The number of anilines is 2. The number of nitrogens with one attached hydrogen (secondary N) is 1. The number of hydrogen-bond acceptors (Lipinski definition) is 5. The lowest BCUT2D eigenvalue weighted by atomic mass is 9.95. The van der Waals surface area contributed by atoms with Gasteiger partial charge in [0.2, 0.25) is 0 Å². The van der Waals surface area contributed by atoms with Crippen molar-refractivity contribution in [1.82, 2.24) is 9.97 Å². The van der Waals surface area contributed by atoms with E-state index in [1.54, 1.807) is 25.5 Å². The predicted octanol–water partition coefficient (Wildman–Crippen LogP) is 3.85. The van der Waals surface area contributed by atoms with E-state index in [0.29, 0.717) is 5.01 Å². The summed E-state index contributed by atoms with van der Waals surface area (Å²) in [6.07, 6.45) is 5.19. The first-order valence-corrected chi connectivity index (χ1v) is 7.86. The Hall–Kier alpha value is -2.24. The molecule has 0 bridgehead atoms. The van der Waals surface area contributed by atoms with E-state index in [2.05, 4.69) is 15.3 Å². The fourth-order valence-electron chi connectivity index (χ4n) is 2.24. The molecule has 4 nitrogen and oxygen atoms in total. The summed E-state index contributed by atoms with van der Waals surface area (Å²) < 4.78 is 0. The molecule has 22 heavy (non-hydrogen) atoms. The van der Waals surface area contributed by atoms with E-state index in [1.807, 2.05) is 42.6 Å². The molecule has 0 aliphatic rings. The second kappa shape index (κ2) is 5.87. The molecule has 0 saturated heterocycles. The van der Waals surface area contributed by atoms with Crippen LogP contribution in [0.2, 0.25) is 0 Å². The van der Waals surface area contributed by atoms with Crippen LogP contribution in [0.1, 0.15) is 23.1 Å². The quantitative estimate of drug-likeness (QED) is 0.768. The van der Waals surface area contributed by atoms with Crippen molar-refractivity contribution in [2.75, 3.05) is 5.32 Å². The van der Waals surface area contributed by atoms with Gasteiger partial charge in [-0.3, -0.25) is 4.98 Å². The summed E-state index contributed by atoms with van der Waals surface area (Å²) in [6, 6.07) is 9.72. The van der Waals surface area contributed by atoms with Crippen LogP contribution in [-0.2, 0) is 5.60 Å². The molecule has 0 amide bonds. The Kier molecular flexibility index (Phi) is 3.92. The number of rotatable bonds is 4. The smallest absolute Gasteiger partial charge is 0.138 e. The van der Waals surface area contributed by atoms with Gasteiger partial charge in [0, 0.05) is 35.3 Å². The molecule has 0 spiro atoms. The summed E-state index contributed by atoms with van der Waals surface area (Å²) in [4.78, 5) is 8.25. The van der Waals surface area contributed by atoms with Gasteiger partial charge in [-0.25, -0.2) is 4.98 Å². The summed E-state index contributed by atoms with van der Waals surface area (Å²) in [5.74, 6) is 0. The highest BCUT2D eigenvalue weighted by molar-refractivity contribution is 7.09. The fourth-order valence-corrected chi connectivity index (χ4v) is 2.96. The summed E-state index contributed by atoms with van der Waals surface area (Å²) in [7, 11) is 0. The Bertz CT molecular complexity index is 755. The van der Waals surface area contributed by atoms with Gasteiger partial charge in [0.15, 0.2) is 0 Å². The van der Waals surface area contributed by atoms with E-state index in [9.17, 15) is 5.11 Å². The van der Waals surface area contributed by atoms with Crippen molar-refractivity contribution in [2.45, 2.75) is 19.4 Å². The molecule has 0 fully saturated rings. The van der Waals surface area contributed by atoms with Crippen LogP contribution in [0.25, 0.3) is 0 Å². The minimum Gasteiger partial charge on any atom is -0.378 e. The summed E-state index contributed by atoms with van der Waals surface area (Å²) in [5.41, 5.74) is 2.74. The summed E-state index contributed by atoms with van der Waals surface area (Å²) in [5, 5.41) is 16.8. The highest BCUT2D eigenvalue weighted by atomic mass is 32.1. The number of aromatic nitrogens is 2. The maximum Gasteiger partial charge on any atom is 0.138 e. The first-order chi connectivity index (χ1) is 10.6. The van der Waals surface area contributed by atoms with Crippen LogP contribution in [0, 0.1) is 6.92 Å². The molecule has 3 rings (SSSR count). The molecule has 5 heteroatoms. The monoisotopic (exact) mass is 311 g/mol. The lowest BCUT2D eigenvalue weighted by Gasteiger charge is -2.23. The van der Waals surface area contributed by atoms with Gasteiger partial charge in [0.05, 0.1) is 0 Å². The van der Waals surface area contributed by atoms with Gasteiger partial charge in [-0.2, -0.15) is 0 Å². The van der Waals surface area contributed by atoms with Crippen molar-refractivity contribution >= 4 is 22.7 Å². The van der Waals surface area contributed by atoms with Crippen molar-refractivity contribution in [1.29, 1.82) is 0 Å². The Morgan fingerprint density at radius 2 is 1.91 bits per heavy atom. The molecule has 2 heterocycles. The molecule has 0 radical (unpaired) electrons. The minimum absolute atomic E-state index is 0.686. The van der Waals surface area contributed by atoms with Crippen molar-refractivity contribution in [3.8, 4) is 0 Å². The van der Waals surface area contributed by atoms with Crippen LogP contribution in [0.4, 0.5) is 11.4 Å². The molecule has 0 aliphatic heterocycles. The third kappa shape index (κ3) is 2.86. The highest BCUT2D eigenvalue weighted by Crippen LogP contribution is 2.33. The number of thiazole rings is 1. The van der Waals surface area contributed by atoms with E-state index < -0.39 is 5.60 Å². The molecule has 3 aromatic rings. The van der Waals surface area contributed by atoms with Crippen molar-refractivity contribution < 1.29 is 5.11 Å². The number of pyridine rings is 1. The van der Waals surface area contributed by atoms with E-state index >= 15 is 0 Å². The first kappa shape index (κ1) is 14.7. The second-order valence-electron chi connectivity index (χ2n) is 5.30. The molecule has 1 unspecified atom stereocenters. The van der Waals surface area contributed by atoms with E-state index in [1.165, 1.54) is 11.3 Å².